The first-order valence-corrected chi connectivity index (χ1v) is 5.51. The summed E-state index contributed by atoms with van der Waals surface area (Å²) in [6, 6.07) is 0. The van der Waals surface area contributed by atoms with E-state index in [1.165, 1.54) is 45.2 Å². The molecule has 1 nitrogen and oxygen atoms in total. The maximum atomic E-state index is 5.26. The Morgan fingerprint density at radius 1 is 1.15 bits per heavy atom. The minimum absolute atomic E-state index is 0.784. The molecule has 0 N–H and O–H groups in total. The molecular formula is C12H19N. The molecule has 72 valence electrons. The van der Waals surface area contributed by atoms with E-state index in [-0.39, 0.29) is 0 Å². The van der Waals surface area contributed by atoms with Crippen molar-refractivity contribution in [3.63, 3.8) is 0 Å². The molecule has 2 aliphatic rings. The topological polar surface area (TPSA) is 3.24 Å². The highest BCUT2D eigenvalue weighted by Gasteiger charge is 2.39. The van der Waals surface area contributed by atoms with Gasteiger partial charge in [-0.05, 0) is 44.2 Å². The predicted molar refractivity (Wildman–Crippen MR) is 55.4 cm³/mol. The number of nitrogens with zero attached hydrogens (tertiary/aromatic N) is 1. The Morgan fingerprint density at radius 3 is 2.31 bits per heavy atom. The summed E-state index contributed by atoms with van der Waals surface area (Å²) >= 11 is 0. The van der Waals surface area contributed by atoms with Gasteiger partial charge < -0.3 is 4.90 Å². The second kappa shape index (κ2) is 3.72. The summed E-state index contributed by atoms with van der Waals surface area (Å²) in [4.78, 5) is 2.53. The Hall–Kier alpha value is -0.480. The quantitative estimate of drug-likeness (QED) is 0.585. The number of piperidine rings is 1. The van der Waals surface area contributed by atoms with Gasteiger partial charge >= 0.3 is 0 Å². The van der Waals surface area contributed by atoms with Gasteiger partial charge in [0.25, 0.3) is 0 Å². The smallest absolute Gasteiger partial charge is 0.0214 e. The van der Waals surface area contributed by atoms with Crippen LogP contribution in [0.3, 0.4) is 0 Å². The second-order valence-corrected chi connectivity index (χ2v) is 4.65. The van der Waals surface area contributed by atoms with Gasteiger partial charge in [-0.2, -0.15) is 0 Å². The van der Waals surface area contributed by atoms with Crippen LogP contribution in [-0.4, -0.2) is 24.5 Å². The fourth-order valence-electron chi connectivity index (χ4n) is 2.65. The van der Waals surface area contributed by atoms with E-state index >= 15 is 0 Å². The zero-order chi connectivity index (χ0) is 9.15. The molecule has 1 aliphatic carbocycles. The van der Waals surface area contributed by atoms with Gasteiger partial charge in [0.1, 0.15) is 0 Å². The third kappa shape index (κ3) is 1.89. The fraction of sp³-hybridized carbons (Fsp3) is 0.833. The highest BCUT2D eigenvalue weighted by atomic mass is 15.1. The van der Waals surface area contributed by atoms with Crippen LogP contribution in [0.5, 0.6) is 0 Å². The Kier molecular flexibility index (Phi) is 2.60. The molecule has 0 atom stereocenters. The minimum atomic E-state index is 0.784. The third-order valence-corrected chi connectivity index (χ3v) is 3.90. The van der Waals surface area contributed by atoms with Crippen molar-refractivity contribution in [2.45, 2.75) is 38.5 Å². The number of rotatable bonds is 2. The van der Waals surface area contributed by atoms with E-state index in [1.54, 1.807) is 0 Å². The molecule has 1 aliphatic heterocycles. The standard InChI is InChI=1S/C12H19N/c1-2-3-9-13-10-7-12(8-11-13)5-4-6-12/h1H,3-11H2. The average Bonchev–Trinajstić information content (AvgIpc) is 2.13. The summed E-state index contributed by atoms with van der Waals surface area (Å²) in [5, 5.41) is 0. The molecule has 1 saturated carbocycles. The first-order valence-electron chi connectivity index (χ1n) is 5.51. The zero-order valence-corrected chi connectivity index (χ0v) is 8.39. The van der Waals surface area contributed by atoms with E-state index in [0.29, 0.717) is 0 Å². The fourth-order valence-corrected chi connectivity index (χ4v) is 2.65. The number of hydrogen-bond donors (Lipinski definition) is 0. The SMILES string of the molecule is C#CCCN1CCC2(CCC2)CC1. The molecule has 0 unspecified atom stereocenters. The van der Waals surface area contributed by atoms with Crippen LogP contribution in [0.2, 0.25) is 0 Å². The van der Waals surface area contributed by atoms with Crippen LogP contribution in [-0.2, 0) is 0 Å². The molecular weight excluding hydrogens is 158 g/mol. The Labute approximate surface area is 81.5 Å². The lowest BCUT2D eigenvalue weighted by Gasteiger charge is -2.48. The number of likely N-dealkylation sites (tertiary alicyclic amines) is 1. The third-order valence-electron chi connectivity index (χ3n) is 3.90. The van der Waals surface area contributed by atoms with Crippen LogP contribution in [0.25, 0.3) is 0 Å². The maximum absolute atomic E-state index is 5.26. The largest absolute Gasteiger partial charge is 0.302 e. The van der Waals surface area contributed by atoms with Crippen molar-refractivity contribution in [2.75, 3.05) is 19.6 Å². The monoisotopic (exact) mass is 177 g/mol. The Balaban J connectivity index is 1.73. The molecule has 0 aromatic carbocycles. The molecule has 2 rings (SSSR count). The van der Waals surface area contributed by atoms with E-state index in [9.17, 15) is 0 Å². The molecule has 1 heteroatoms. The van der Waals surface area contributed by atoms with E-state index in [1.807, 2.05) is 0 Å². The first kappa shape index (κ1) is 9.09. The lowest BCUT2D eigenvalue weighted by Crippen LogP contribution is -2.43. The molecule has 1 saturated heterocycles. The summed E-state index contributed by atoms with van der Waals surface area (Å²) in [6.07, 6.45) is 13.5. The molecule has 0 aromatic heterocycles. The minimum Gasteiger partial charge on any atom is -0.302 e. The van der Waals surface area contributed by atoms with E-state index in [2.05, 4.69) is 10.8 Å². The van der Waals surface area contributed by atoms with Crippen LogP contribution in [0.1, 0.15) is 38.5 Å². The van der Waals surface area contributed by atoms with Crippen molar-refractivity contribution in [2.24, 2.45) is 5.41 Å². The highest BCUT2D eigenvalue weighted by molar-refractivity contribution is 4.93. The van der Waals surface area contributed by atoms with Crippen molar-refractivity contribution in [1.82, 2.24) is 4.90 Å². The van der Waals surface area contributed by atoms with E-state index in [0.717, 1.165) is 18.4 Å². The Morgan fingerprint density at radius 2 is 1.85 bits per heavy atom. The van der Waals surface area contributed by atoms with Gasteiger partial charge in [0.2, 0.25) is 0 Å². The van der Waals surface area contributed by atoms with Crippen molar-refractivity contribution in [3.05, 3.63) is 0 Å². The van der Waals surface area contributed by atoms with E-state index in [4.69, 9.17) is 6.42 Å². The molecule has 0 bridgehead atoms. The molecule has 1 heterocycles. The van der Waals surface area contributed by atoms with Crippen molar-refractivity contribution in [1.29, 1.82) is 0 Å². The summed E-state index contributed by atoms with van der Waals surface area (Å²) in [7, 11) is 0. The van der Waals surface area contributed by atoms with Gasteiger partial charge in [-0.1, -0.05) is 6.42 Å². The van der Waals surface area contributed by atoms with E-state index < -0.39 is 0 Å². The van der Waals surface area contributed by atoms with Gasteiger partial charge in [0.15, 0.2) is 0 Å². The maximum Gasteiger partial charge on any atom is 0.0214 e. The molecule has 0 amide bonds. The van der Waals surface area contributed by atoms with Gasteiger partial charge in [-0.25, -0.2) is 0 Å². The van der Waals surface area contributed by atoms with Crippen molar-refractivity contribution in [3.8, 4) is 12.3 Å². The lowest BCUT2D eigenvalue weighted by atomic mass is 9.63. The summed E-state index contributed by atoms with van der Waals surface area (Å²) in [6.45, 7) is 3.70. The summed E-state index contributed by atoms with van der Waals surface area (Å²) in [5.74, 6) is 2.72. The lowest BCUT2D eigenvalue weighted by molar-refractivity contribution is 0.0344. The molecule has 13 heavy (non-hydrogen) atoms. The number of terminal acetylenes is 1. The molecule has 2 fully saturated rings. The molecule has 0 aromatic rings. The first-order chi connectivity index (χ1) is 6.35. The average molecular weight is 177 g/mol. The number of hydrogen-bond acceptors (Lipinski definition) is 1. The van der Waals surface area contributed by atoms with Gasteiger partial charge in [0.05, 0.1) is 0 Å². The highest BCUT2D eigenvalue weighted by Crippen LogP contribution is 2.48. The van der Waals surface area contributed by atoms with Crippen LogP contribution < -0.4 is 0 Å². The van der Waals surface area contributed by atoms with Crippen LogP contribution >= 0.6 is 0 Å². The van der Waals surface area contributed by atoms with Crippen molar-refractivity contribution < 1.29 is 0 Å². The van der Waals surface area contributed by atoms with Crippen LogP contribution in [0.4, 0.5) is 0 Å². The molecule has 0 radical (unpaired) electrons. The summed E-state index contributed by atoms with van der Waals surface area (Å²) < 4.78 is 0. The van der Waals surface area contributed by atoms with Crippen molar-refractivity contribution >= 4 is 0 Å². The Bertz CT molecular complexity index is 200. The normalized spacial score (nSPS) is 26.7. The van der Waals surface area contributed by atoms with Crippen LogP contribution in [0.15, 0.2) is 0 Å². The van der Waals surface area contributed by atoms with Crippen LogP contribution in [0, 0.1) is 17.8 Å². The predicted octanol–water partition coefficient (Wildman–Crippen LogP) is 2.28. The van der Waals surface area contributed by atoms with Gasteiger partial charge in [0, 0.05) is 13.0 Å². The van der Waals surface area contributed by atoms with Gasteiger partial charge in [-0.3, -0.25) is 0 Å². The zero-order valence-electron chi connectivity index (χ0n) is 8.39. The second-order valence-electron chi connectivity index (χ2n) is 4.65. The molecule has 1 spiro atoms. The summed E-state index contributed by atoms with van der Waals surface area (Å²) in [5.41, 5.74) is 0.784. The van der Waals surface area contributed by atoms with Gasteiger partial charge in [-0.15, -0.1) is 12.3 Å².